The number of rotatable bonds is 12. The van der Waals surface area contributed by atoms with Crippen LogP contribution >= 0.6 is 0 Å². The number of hydrogen-bond donors (Lipinski definition) is 0. The zero-order valence-corrected chi connectivity index (χ0v) is 55.0. The van der Waals surface area contributed by atoms with Crippen LogP contribution in [-0.4, -0.2) is 39.0 Å². The number of nitrogens with zero attached hydrogens (tertiary/aromatic N) is 14. The van der Waals surface area contributed by atoms with E-state index in [1.54, 1.807) is 0 Å². The molecule has 0 saturated carbocycles. The highest BCUT2D eigenvalue weighted by Crippen LogP contribution is 2.44. The first-order valence-electron chi connectivity index (χ1n) is 33.2. The van der Waals surface area contributed by atoms with E-state index in [1.807, 2.05) is 182 Å². The van der Waals surface area contributed by atoms with Crippen molar-refractivity contribution in [3.05, 3.63) is 325 Å². The lowest BCUT2D eigenvalue weighted by atomic mass is 9.92. The Hall–Kier alpha value is -15.6. The molecule has 13 aromatic carbocycles. The summed E-state index contributed by atoms with van der Waals surface area (Å²) < 4.78 is 4.43. The topological polar surface area (TPSA) is 230 Å². The quantitative estimate of drug-likeness (QED) is 0.111. The van der Waals surface area contributed by atoms with Crippen LogP contribution in [0.2, 0.25) is 0 Å². The molecule has 14 heteroatoms. The Balaban J connectivity index is 0.875. The minimum Gasteiger partial charge on any atom is -0.309 e. The molecule has 0 amide bonds. The molecular formula is C90H48N14. The van der Waals surface area contributed by atoms with E-state index in [1.165, 1.54) is 24.3 Å². The molecule has 0 atom stereocenters. The Labute approximate surface area is 596 Å². The van der Waals surface area contributed by atoms with Gasteiger partial charge in [-0.05, 0) is 124 Å². The van der Waals surface area contributed by atoms with Gasteiger partial charge in [0.15, 0.2) is 34.9 Å². The van der Waals surface area contributed by atoms with Gasteiger partial charge < -0.3 is 9.13 Å². The number of hydrogen-bond acceptors (Lipinski definition) is 12. The monoisotopic (exact) mass is 1320 g/mol. The molecule has 17 rings (SSSR count). The van der Waals surface area contributed by atoms with Crippen molar-refractivity contribution in [2.75, 3.05) is 0 Å². The normalized spacial score (nSPS) is 11.0. The SMILES string of the molecule is N#Cc1cc(C#N)c(-c2ccc3c(c2)c2ccccc2n3-c2ccc(-c3cccc(-c4ccc(-n5c6ccccc6c6cc(-c7c(C#N)cc(C#N)cc7C#N)ccc65)c(-c5nc(-c6ccccc6)nc(-c6ccccc6)n5)c4)c3)cc2-c2nc(-c3ccccc3)nc(-c3ccccc3)n2)c(C#N)c1. The molecule has 478 valence electrons. The first kappa shape index (κ1) is 62.0. The van der Waals surface area contributed by atoms with Gasteiger partial charge in [-0.3, -0.25) is 0 Å². The number of para-hydroxylation sites is 2. The number of aromatic nitrogens is 8. The van der Waals surface area contributed by atoms with Crippen LogP contribution in [0.3, 0.4) is 0 Å². The molecule has 4 aromatic heterocycles. The van der Waals surface area contributed by atoms with Crippen LogP contribution in [0.4, 0.5) is 0 Å². The summed E-state index contributed by atoms with van der Waals surface area (Å²) in [5.41, 5.74) is 16.8. The van der Waals surface area contributed by atoms with Gasteiger partial charge in [-0.25, -0.2) is 29.9 Å². The molecule has 4 heterocycles. The van der Waals surface area contributed by atoms with E-state index >= 15 is 0 Å². The van der Waals surface area contributed by atoms with Crippen molar-refractivity contribution in [2.24, 2.45) is 0 Å². The zero-order valence-electron chi connectivity index (χ0n) is 55.0. The molecule has 17 aromatic rings. The van der Waals surface area contributed by atoms with Gasteiger partial charge in [0.1, 0.15) is 0 Å². The average Bonchev–Trinajstić information content (AvgIpc) is 1.57. The molecular weight excluding hydrogens is 1280 g/mol. The fourth-order valence-electron chi connectivity index (χ4n) is 14.1. The third kappa shape index (κ3) is 10.9. The maximum Gasteiger partial charge on any atom is 0.166 e. The second-order valence-electron chi connectivity index (χ2n) is 24.9. The van der Waals surface area contributed by atoms with Gasteiger partial charge in [-0.1, -0.05) is 200 Å². The Kier molecular flexibility index (Phi) is 15.5. The number of fused-ring (bicyclic) bond motifs is 6. The van der Waals surface area contributed by atoms with Crippen LogP contribution in [0.25, 0.3) is 168 Å². The molecule has 0 spiro atoms. The first-order valence-corrected chi connectivity index (χ1v) is 33.2. The third-order valence-corrected chi connectivity index (χ3v) is 18.8. The fraction of sp³-hybridized carbons (Fsp3) is 0. The first-order chi connectivity index (χ1) is 51.3. The van der Waals surface area contributed by atoms with Crippen LogP contribution in [0.1, 0.15) is 33.4 Å². The smallest absolute Gasteiger partial charge is 0.166 e. The summed E-state index contributed by atoms with van der Waals surface area (Å²) in [7, 11) is 0. The van der Waals surface area contributed by atoms with Crippen LogP contribution in [0.5, 0.6) is 0 Å². The summed E-state index contributed by atoms with van der Waals surface area (Å²) in [5.74, 6) is 2.82. The predicted octanol–water partition coefficient (Wildman–Crippen LogP) is 20.2. The van der Waals surface area contributed by atoms with Gasteiger partial charge in [0, 0.05) is 66.1 Å². The lowest BCUT2D eigenvalue weighted by Gasteiger charge is -2.17. The van der Waals surface area contributed by atoms with Gasteiger partial charge in [-0.2, -0.15) is 31.6 Å². The van der Waals surface area contributed by atoms with Gasteiger partial charge >= 0.3 is 0 Å². The van der Waals surface area contributed by atoms with Crippen molar-refractivity contribution in [1.82, 2.24) is 39.0 Å². The van der Waals surface area contributed by atoms with Crippen molar-refractivity contribution in [2.45, 2.75) is 0 Å². The molecule has 0 saturated heterocycles. The van der Waals surface area contributed by atoms with E-state index < -0.39 is 0 Å². The summed E-state index contributed by atoms with van der Waals surface area (Å²) in [4.78, 5) is 31.7. The second kappa shape index (κ2) is 26.0. The minimum atomic E-state index is 0.228. The van der Waals surface area contributed by atoms with Crippen molar-refractivity contribution < 1.29 is 0 Å². The fourth-order valence-corrected chi connectivity index (χ4v) is 14.1. The van der Waals surface area contributed by atoms with Crippen LogP contribution in [0.15, 0.2) is 291 Å². The molecule has 0 N–H and O–H groups in total. The van der Waals surface area contributed by atoms with Gasteiger partial charge in [0.25, 0.3) is 0 Å². The van der Waals surface area contributed by atoms with E-state index in [-0.39, 0.29) is 33.4 Å². The molecule has 0 aliphatic carbocycles. The van der Waals surface area contributed by atoms with E-state index in [9.17, 15) is 31.6 Å². The predicted molar refractivity (Wildman–Crippen MR) is 405 cm³/mol. The van der Waals surface area contributed by atoms with E-state index in [0.717, 1.165) is 99.5 Å². The minimum absolute atomic E-state index is 0.228. The molecule has 0 aliphatic rings. The Morgan fingerprint density at radius 1 is 0.212 bits per heavy atom. The number of nitriles is 6. The van der Waals surface area contributed by atoms with E-state index in [2.05, 4.69) is 130 Å². The van der Waals surface area contributed by atoms with Crippen LogP contribution in [0, 0.1) is 68.0 Å². The highest BCUT2D eigenvalue weighted by molar-refractivity contribution is 6.13. The molecule has 104 heavy (non-hydrogen) atoms. The summed E-state index contributed by atoms with van der Waals surface area (Å²) in [5, 5.41) is 65.1. The van der Waals surface area contributed by atoms with Crippen molar-refractivity contribution in [3.63, 3.8) is 0 Å². The number of benzene rings is 13. The Bertz CT molecular complexity index is 6090. The molecule has 0 fully saturated rings. The van der Waals surface area contributed by atoms with Crippen molar-refractivity contribution in [1.29, 1.82) is 31.6 Å². The lowest BCUT2D eigenvalue weighted by Crippen LogP contribution is -2.04. The van der Waals surface area contributed by atoms with Crippen LogP contribution < -0.4 is 0 Å². The molecule has 14 nitrogen and oxygen atoms in total. The molecule has 0 radical (unpaired) electrons. The van der Waals surface area contributed by atoms with Crippen molar-refractivity contribution in [3.8, 4) is 161 Å². The standard InChI is InChI=1S/C90H48N14/c91-49-55-40-67(51-93)83(68(41-55)52-94)65-34-38-79-73(47-65)71-28-13-15-30-77(71)103(79)81-36-32-63(45-75(81)89-99-85(57-18-5-1-6-19-57)97-86(100-89)58-20-7-2-8-21-58)61-26-17-27-62(44-61)64-33-37-82(76(46-64)90-101-87(59-22-9-3-10-23-59)98-88(102-90)60-24-11-4-12-25-60)104-78-31-16-14-29-72(78)74-48-66(35-39-80(74)104)84-69(53-95)42-56(50-92)43-70(84)54-96/h1-48H. The van der Waals surface area contributed by atoms with Crippen molar-refractivity contribution >= 4 is 43.6 Å². The average molecular weight is 1330 g/mol. The zero-order chi connectivity index (χ0) is 70.4. The summed E-state index contributed by atoms with van der Waals surface area (Å²) >= 11 is 0. The highest BCUT2D eigenvalue weighted by Gasteiger charge is 2.26. The Morgan fingerprint density at radius 3 is 0.837 bits per heavy atom. The molecule has 0 unspecified atom stereocenters. The maximum atomic E-state index is 10.4. The highest BCUT2D eigenvalue weighted by atomic mass is 15.1. The maximum absolute atomic E-state index is 10.4. The van der Waals surface area contributed by atoms with Gasteiger partial charge in [0.2, 0.25) is 0 Å². The largest absolute Gasteiger partial charge is 0.309 e. The molecule has 0 aliphatic heterocycles. The molecule has 0 bridgehead atoms. The Morgan fingerprint density at radius 2 is 0.500 bits per heavy atom. The summed E-state index contributed by atoms with van der Waals surface area (Å²) in [6, 6.07) is 108. The lowest BCUT2D eigenvalue weighted by molar-refractivity contribution is 1.06. The van der Waals surface area contributed by atoms with Gasteiger partial charge in [0.05, 0.1) is 103 Å². The van der Waals surface area contributed by atoms with Gasteiger partial charge in [-0.15, -0.1) is 0 Å². The summed E-state index contributed by atoms with van der Waals surface area (Å²) in [6.45, 7) is 0. The van der Waals surface area contributed by atoms with E-state index in [0.29, 0.717) is 68.3 Å². The van der Waals surface area contributed by atoms with E-state index in [4.69, 9.17) is 29.9 Å². The van der Waals surface area contributed by atoms with Crippen LogP contribution in [-0.2, 0) is 0 Å². The third-order valence-electron chi connectivity index (χ3n) is 18.8. The second-order valence-corrected chi connectivity index (χ2v) is 24.9. The summed E-state index contributed by atoms with van der Waals surface area (Å²) in [6.07, 6.45) is 0.